The molecule has 3 rings (SSSR count). The van der Waals surface area contributed by atoms with Crippen LogP contribution in [-0.2, 0) is 11.2 Å². The quantitative estimate of drug-likeness (QED) is 0.867. The number of hydrogen-bond acceptors (Lipinski definition) is 3. The average molecular weight is 302 g/mol. The summed E-state index contributed by atoms with van der Waals surface area (Å²) in [5, 5.41) is 0. The van der Waals surface area contributed by atoms with Gasteiger partial charge in [0.1, 0.15) is 5.82 Å². The highest BCUT2D eigenvalue weighted by atomic mass is 16.2. The van der Waals surface area contributed by atoms with Gasteiger partial charge in [0.05, 0.1) is 5.69 Å². The van der Waals surface area contributed by atoms with Crippen LogP contribution in [0.4, 0.5) is 0 Å². The zero-order chi connectivity index (χ0) is 15.7. The van der Waals surface area contributed by atoms with Crippen LogP contribution in [0.15, 0.2) is 12.2 Å². The monoisotopic (exact) mass is 302 g/mol. The van der Waals surface area contributed by atoms with E-state index in [1.807, 2.05) is 27.1 Å². The molecular formula is C17H26N4O. The van der Waals surface area contributed by atoms with Gasteiger partial charge in [-0.25, -0.2) is 4.98 Å². The van der Waals surface area contributed by atoms with Crippen LogP contribution >= 0.6 is 0 Å². The van der Waals surface area contributed by atoms with E-state index in [-0.39, 0.29) is 5.91 Å². The number of nitrogens with one attached hydrogen (secondary N) is 1. The number of aromatic nitrogens is 2. The van der Waals surface area contributed by atoms with Crippen LogP contribution in [0.3, 0.4) is 0 Å². The Balaban J connectivity index is 1.75. The van der Waals surface area contributed by atoms with Crippen molar-refractivity contribution in [2.45, 2.75) is 44.6 Å². The standard InChI is InChI=1S/C17H26N4O/c1-12-18-14-8-9-15-13(17(14)19-12)6-4-11-21(15)16(22)7-5-10-20(2)3/h5,7,13,15H,4,6,8-11H2,1-3H3,(H,18,19)/b7-5+/t13-,15-/m1/s1. The summed E-state index contributed by atoms with van der Waals surface area (Å²) in [7, 11) is 4.02. The first-order chi connectivity index (χ1) is 10.6. The van der Waals surface area contributed by atoms with Crippen LogP contribution in [-0.4, -0.2) is 58.9 Å². The number of H-pyrrole nitrogens is 1. The predicted octanol–water partition coefficient (Wildman–Crippen LogP) is 1.86. The fraction of sp³-hybridized carbons (Fsp3) is 0.647. The van der Waals surface area contributed by atoms with Crippen molar-refractivity contribution < 1.29 is 4.79 Å². The lowest BCUT2D eigenvalue weighted by Crippen LogP contribution is -2.48. The third kappa shape index (κ3) is 2.95. The van der Waals surface area contributed by atoms with E-state index in [0.717, 1.165) is 44.6 Å². The fourth-order valence-electron chi connectivity index (χ4n) is 3.81. The lowest BCUT2D eigenvalue weighted by atomic mass is 9.78. The molecule has 5 nitrogen and oxygen atoms in total. The highest BCUT2D eigenvalue weighted by Gasteiger charge is 2.39. The first-order valence-corrected chi connectivity index (χ1v) is 8.23. The second-order valence-corrected chi connectivity index (χ2v) is 6.74. The van der Waals surface area contributed by atoms with Gasteiger partial charge in [-0.15, -0.1) is 0 Å². The maximum atomic E-state index is 12.5. The molecule has 2 atom stereocenters. The van der Waals surface area contributed by atoms with Gasteiger partial charge in [0.25, 0.3) is 0 Å². The molecule has 0 unspecified atom stereocenters. The first-order valence-electron chi connectivity index (χ1n) is 8.23. The number of nitrogens with zero attached hydrogens (tertiary/aromatic N) is 3. The SMILES string of the molecule is Cc1nc2c([nH]1)CC[C@@H]1[C@H]2CCCN1C(=O)/C=C/CN(C)C. The van der Waals surface area contributed by atoms with Crippen molar-refractivity contribution in [3.63, 3.8) is 0 Å². The Bertz CT molecular complexity index is 575. The van der Waals surface area contributed by atoms with Crippen molar-refractivity contribution in [2.24, 2.45) is 0 Å². The maximum Gasteiger partial charge on any atom is 0.246 e. The van der Waals surface area contributed by atoms with Crippen molar-refractivity contribution in [2.75, 3.05) is 27.2 Å². The number of likely N-dealkylation sites (tertiary alicyclic amines) is 1. The lowest BCUT2D eigenvalue weighted by Gasteiger charge is -2.43. The fourth-order valence-corrected chi connectivity index (χ4v) is 3.81. The van der Waals surface area contributed by atoms with Crippen molar-refractivity contribution in [3.05, 3.63) is 29.4 Å². The van der Waals surface area contributed by atoms with Crippen molar-refractivity contribution in [1.29, 1.82) is 0 Å². The number of fused-ring (bicyclic) bond motifs is 3. The minimum absolute atomic E-state index is 0.159. The van der Waals surface area contributed by atoms with Gasteiger partial charge in [-0.2, -0.15) is 0 Å². The Morgan fingerprint density at radius 3 is 3.05 bits per heavy atom. The van der Waals surface area contributed by atoms with Crippen LogP contribution in [0.5, 0.6) is 0 Å². The molecular weight excluding hydrogens is 276 g/mol. The van der Waals surface area contributed by atoms with Crippen LogP contribution in [0.25, 0.3) is 0 Å². The molecule has 120 valence electrons. The number of carbonyl (C=O) groups excluding carboxylic acids is 1. The van der Waals surface area contributed by atoms with E-state index < -0.39 is 0 Å². The van der Waals surface area contributed by atoms with Gasteiger partial charge in [0.15, 0.2) is 0 Å². The predicted molar refractivity (Wildman–Crippen MR) is 86.8 cm³/mol. The molecule has 5 heteroatoms. The van der Waals surface area contributed by atoms with Gasteiger partial charge in [0.2, 0.25) is 5.91 Å². The molecule has 2 heterocycles. The molecule has 0 aromatic carbocycles. The summed E-state index contributed by atoms with van der Waals surface area (Å²) in [6.07, 6.45) is 7.97. The summed E-state index contributed by atoms with van der Waals surface area (Å²) in [4.78, 5) is 24.8. The maximum absolute atomic E-state index is 12.5. The van der Waals surface area contributed by atoms with Gasteiger partial charge in [0, 0.05) is 36.8 Å². The van der Waals surface area contributed by atoms with Crippen LogP contribution in [0, 0.1) is 6.92 Å². The number of aromatic amines is 1. The van der Waals surface area contributed by atoms with Gasteiger partial charge >= 0.3 is 0 Å². The van der Waals surface area contributed by atoms with Gasteiger partial charge in [-0.05, 0) is 46.7 Å². The van der Waals surface area contributed by atoms with E-state index in [2.05, 4.69) is 14.8 Å². The molecule has 0 radical (unpaired) electrons. The number of imidazole rings is 1. The molecule has 0 saturated carbocycles. The largest absolute Gasteiger partial charge is 0.346 e. The molecule has 1 aromatic heterocycles. The van der Waals surface area contributed by atoms with Crippen LogP contribution in [0.1, 0.15) is 42.4 Å². The zero-order valence-corrected chi connectivity index (χ0v) is 13.8. The third-order valence-electron chi connectivity index (χ3n) is 4.76. The molecule has 2 aliphatic rings. The molecule has 1 aromatic rings. The smallest absolute Gasteiger partial charge is 0.246 e. The van der Waals surface area contributed by atoms with Crippen molar-refractivity contribution in [1.82, 2.24) is 19.8 Å². The van der Waals surface area contributed by atoms with E-state index in [1.165, 1.54) is 11.4 Å². The van der Waals surface area contributed by atoms with E-state index in [0.29, 0.717) is 12.0 Å². The number of likely N-dealkylation sites (N-methyl/N-ethyl adjacent to an activating group) is 1. The summed E-state index contributed by atoms with van der Waals surface area (Å²) in [5.41, 5.74) is 2.50. The summed E-state index contributed by atoms with van der Waals surface area (Å²) in [6.45, 7) is 3.70. The van der Waals surface area contributed by atoms with Crippen molar-refractivity contribution in [3.8, 4) is 0 Å². The van der Waals surface area contributed by atoms with Crippen LogP contribution in [0.2, 0.25) is 0 Å². The molecule has 1 saturated heterocycles. The second kappa shape index (κ2) is 6.24. The summed E-state index contributed by atoms with van der Waals surface area (Å²) >= 11 is 0. The normalized spacial score (nSPS) is 24.6. The Morgan fingerprint density at radius 1 is 1.45 bits per heavy atom. The second-order valence-electron chi connectivity index (χ2n) is 6.74. The average Bonchev–Trinajstić information content (AvgIpc) is 2.86. The van der Waals surface area contributed by atoms with Gasteiger partial charge in [-0.3, -0.25) is 4.79 Å². The zero-order valence-electron chi connectivity index (χ0n) is 13.8. The lowest BCUT2D eigenvalue weighted by molar-refractivity contribution is -0.130. The van der Waals surface area contributed by atoms with Crippen molar-refractivity contribution >= 4 is 5.91 Å². The molecule has 22 heavy (non-hydrogen) atoms. The minimum atomic E-state index is 0.159. The van der Waals surface area contributed by atoms with Gasteiger partial charge in [-0.1, -0.05) is 6.08 Å². The Kier molecular flexibility index (Phi) is 4.34. The number of amides is 1. The summed E-state index contributed by atoms with van der Waals surface area (Å²) in [6, 6.07) is 0.320. The molecule has 1 N–H and O–H groups in total. The number of hydrogen-bond donors (Lipinski definition) is 1. The Labute approximate surface area is 132 Å². The molecule has 1 fully saturated rings. The highest BCUT2D eigenvalue weighted by molar-refractivity contribution is 5.88. The van der Waals surface area contributed by atoms with E-state index >= 15 is 0 Å². The topological polar surface area (TPSA) is 52.2 Å². The van der Waals surface area contributed by atoms with E-state index in [1.54, 1.807) is 6.08 Å². The first kappa shape index (κ1) is 15.3. The Hall–Kier alpha value is -1.62. The van der Waals surface area contributed by atoms with E-state index in [9.17, 15) is 4.79 Å². The molecule has 1 amide bonds. The molecule has 1 aliphatic heterocycles. The molecule has 0 spiro atoms. The minimum Gasteiger partial charge on any atom is -0.346 e. The van der Waals surface area contributed by atoms with Gasteiger partial charge < -0.3 is 14.8 Å². The highest BCUT2D eigenvalue weighted by Crippen LogP contribution is 2.39. The third-order valence-corrected chi connectivity index (χ3v) is 4.76. The molecule has 0 bridgehead atoms. The van der Waals surface area contributed by atoms with Crippen LogP contribution < -0.4 is 0 Å². The Morgan fingerprint density at radius 2 is 2.27 bits per heavy atom. The summed E-state index contributed by atoms with van der Waals surface area (Å²) < 4.78 is 0. The number of piperidine rings is 1. The summed E-state index contributed by atoms with van der Waals surface area (Å²) in [5.74, 6) is 1.57. The number of carbonyl (C=O) groups is 1. The molecule has 1 aliphatic carbocycles. The number of aryl methyl sites for hydroxylation is 2. The number of rotatable bonds is 3. The van der Waals surface area contributed by atoms with E-state index in [4.69, 9.17) is 4.98 Å².